The minimum Gasteiger partial charge on any atom is -0.507 e. The Hall–Kier alpha value is -2.12. The molecule has 0 aromatic heterocycles. The molecule has 2 N–H and O–H groups in total. The highest BCUT2D eigenvalue weighted by Crippen LogP contribution is 2.47. The van der Waals surface area contributed by atoms with Crippen molar-refractivity contribution in [2.45, 2.75) is 143 Å². The molecule has 252 valence electrons. The number of benzene rings is 2. The molecule has 0 aliphatic carbocycles. The first kappa shape index (κ1) is 35.7. The smallest absolute Gasteiger partial charge is 0.183 e. The van der Waals surface area contributed by atoms with Crippen LogP contribution in [-0.2, 0) is 40.6 Å². The number of phenolic OH excluding ortho intramolecular Hbond substituents is 2. The van der Waals surface area contributed by atoms with Gasteiger partial charge in [-0.1, -0.05) is 83.1 Å². The molecule has 2 saturated heterocycles. The maximum absolute atomic E-state index is 11.4. The van der Waals surface area contributed by atoms with Crippen LogP contribution in [0.3, 0.4) is 0 Å². The topological polar surface area (TPSA) is 77.4 Å². The monoisotopic (exact) mass is 624 g/mol. The Morgan fingerprint density at radius 1 is 0.511 bits per heavy atom. The summed E-state index contributed by atoms with van der Waals surface area (Å²) in [6, 6.07) is 8.26. The van der Waals surface area contributed by atoms with Crippen LogP contribution in [0.4, 0.5) is 0 Å². The Labute approximate surface area is 272 Å². The molecular formula is C39H60O6. The van der Waals surface area contributed by atoms with Gasteiger partial charge in [0.05, 0.1) is 31.8 Å². The summed E-state index contributed by atoms with van der Waals surface area (Å²) in [5.74, 6) is 0.769. The quantitative estimate of drug-likeness (QED) is 0.274. The summed E-state index contributed by atoms with van der Waals surface area (Å²) in [6.45, 7) is 27.8. The van der Waals surface area contributed by atoms with Crippen LogP contribution in [0, 0.1) is 5.41 Å². The Kier molecular flexibility index (Phi) is 10.2. The van der Waals surface area contributed by atoms with Gasteiger partial charge in [-0.2, -0.15) is 0 Å². The van der Waals surface area contributed by atoms with E-state index in [0.717, 1.165) is 59.1 Å². The van der Waals surface area contributed by atoms with E-state index in [4.69, 9.17) is 18.9 Å². The summed E-state index contributed by atoms with van der Waals surface area (Å²) in [5.41, 5.74) is 4.43. The maximum Gasteiger partial charge on any atom is 0.183 e. The Morgan fingerprint density at radius 3 is 0.933 bits per heavy atom. The van der Waals surface area contributed by atoms with Gasteiger partial charge in [-0.05, 0) is 71.6 Å². The predicted octanol–water partition coefficient (Wildman–Crippen LogP) is 9.63. The first-order valence-corrected chi connectivity index (χ1v) is 17.1. The molecule has 6 heteroatoms. The lowest BCUT2D eigenvalue weighted by molar-refractivity contribution is -0.307. The molecule has 0 bridgehead atoms. The highest BCUT2D eigenvalue weighted by molar-refractivity contribution is 5.52. The molecule has 0 radical (unpaired) electrons. The molecule has 0 unspecified atom stereocenters. The zero-order valence-electron chi connectivity index (χ0n) is 30.1. The van der Waals surface area contributed by atoms with Crippen LogP contribution >= 0.6 is 0 Å². The van der Waals surface area contributed by atoms with Crippen molar-refractivity contribution in [1.82, 2.24) is 0 Å². The van der Waals surface area contributed by atoms with E-state index in [9.17, 15) is 10.2 Å². The Balaban J connectivity index is 1.55. The summed E-state index contributed by atoms with van der Waals surface area (Å²) in [7, 11) is 0. The van der Waals surface area contributed by atoms with Crippen molar-refractivity contribution in [3.05, 3.63) is 57.6 Å². The van der Waals surface area contributed by atoms with Gasteiger partial charge in [0.1, 0.15) is 11.5 Å². The fourth-order valence-corrected chi connectivity index (χ4v) is 6.15. The van der Waals surface area contributed by atoms with Crippen LogP contribution in [-0.4, -0.2) is 36.6 Å². The van der Waals surface area contributed by atoms with E-state index in [0.29, 0.717) is 37.9 Å². The molecule has 2 aliphatic rings. The third kappa shape index (κ3) is 6.95. The van der Waals surface area contributed by atoms with Crippen LogP contribution in [0.5, 0.6) is 11.5 Å². The molecule has 2 heterocycles. The fraction of sp³-hybridized carbons (Fsp3) is 0.692. The van der Waals surface area contributed by atoms with Crippen molar-refractivity contribution in [3.8, 4) is 11.5 Å². The van der Waals surface area contributed by atoms with E-state index in [1.165, 1.54) is 0 Å². The van der Waals surface area contributed by atoms with E-state index in [1.54, 1.807) is 0 Å². The van der Waals surface area contributed by atoms with Crippen molar-refractivity contribution < 1.29 is 29.2 Å². The molecule has 2 aliphatic heterocycles. The minimum absolute atomic E-state index is 0.193. The average molecular weight is 625 g/mol. The molecule has 2 aromatic carbocycles. The van der Waals surface area contributed by atoms with Gasteiger partial charge in [-0.3, -0.25) is 0 Å². The number of hydrogen-bond acceptors (Lipinski definition) is 6. The molecule has 0 saturated carbocycles. The molecule has 2 aromatic rings. The van der Waals surface area contributed by atoms with Crippen molar-refractivity contribution in [2.24, 2.45) is 5.41 Å². The standard InChI is InChI=1S/C39H60O6/c1-13-35(5,6)27-17-25(18-28(31(27)40)36(7,8)14-2)33-42-21-39(22-43-33)23-44-34(45-24-39)26-19-29(37(9,10)15-3)32(41)30(20-26)38(11,12)16-4/h17-20,33-34,40-41H,13-16,21-24H2,1-12H3. The lowest BCUT2D eigenvalue weighted by Crippen LogP contribution is -2.49. The first-order valence-electron chi connectivity index (χ1n) is 17.1. The minimum atomic E-state index is -0.526. The summed E-state index contributed by atoms with van der Waals surface area (Å²) < 4.78 is 25.7. The SMILES string of the molecule is CCC(C)(C)c1cc(C2OCC3(CO2)COC(c2cc(C(C)(C)CC)c(O)c(C(C)(C)CC)c2)OC3)cc(C(C)(C)CC)c1O. The second-order valence-electron chi connectivity index (χ2n) is 16.3. The summed E-state index contributed by atoms with van der Waals surface area (Å²) in [5, 5.41) is 22.8. The molecule has 45 heavy (non-hydrogen) atoms. The number of ether oxygens (including phenoxy) is 4. The van der Waals surface area contributed by atoms with Gasteiger partial charge in [0.2, 0.25) is 0 Å². The van der Waals surface area contributed by atoms with E-state index < -0.39 is 18.0 Å². The van der Waals surface area contributed by atoms with Gasteiger partial charge in [-0.15, -0.1) is 0 Å². The molecule has 0 atom stereocenters. The van der Waals surface area contributed by atoms with Gasteiger partial charge in [0.15, 0.2) is 12.6 Å². The van der Waals surface area contributed by atoms with Crippen LogP contribution in [0.2, 0.25) is 0 Å². The normalized spacial score (nSPS) is 23.5. The second kappa shape index (κ2) is 12.8. The number of rotatable bonds is 10. The zero-order valence-corrected chi connectivity index (χ0v) is 30.1. The van der Waals surface area contributed by atoms with Crippen molar-refractivity contribution in [3.63, 3.8) is 0 Å². The van der Waals surface area contributed by atoms with E-state index in [2.05, 4.69) is 107 Å². The highest BCUT2D eigenvalue weighted by atomic mass is 16.7. The van der Waals surface area contributed by atoms with Gasteiger partial charge in [0.25, 0.3) is 0 Å². The summed E-state index contributed by atoms with van der Waals surface area (Å²) in [6.07, 6.45) is 2.55. The van der Waals surface area contributed by atoms with Crippen molar-refractivity contribution in [1.29, 1.82) is 0 Å². The molecular weight excluding hydrogens is 564 g/mol. The Morgan fingerprint density at radius 2 is 0.733 bits per heavy atom. The first-order chi connectivity index (χ1) is 20.9. The van der Waals surface area contributed by atoms with Crippen LogP contribution < -0.4 is 0 Å². The third-order valence-electron chi connectivity index (χ3n) is 11.4. The van der Waals surface area contributed by atoms with Crippen molar-refractivity contribution >= 4 is 0 Å². The van der Waals surface area contributed by atoms with Crippen molar-refractivity contribution in [2.75, 3.05) is 26.4 Å². The molecule has 0 amide bonds. The van der Waals surface area contributed by atoms with Gasteiger partial charge < -0.3 is 29.2 Å². The van der Waals surface area contributed by atoms with Gasteiger partial charge in [-0.25, -0.2) is 0 Å². The highest BCUT2D eigenvalue weighted by Gasteiger charge is 2.44. The number of phenols is 2. The lowest BCUT2D eigenvalue weighted by Gasteiger charge is -2.44. The van der Waals surface area contributed by atoms with E-state index in [-0.39, 0.29) is 21.7 Å². The van der Waals surface area contributed by atoms with Gasteiger partial charge in [0, 0.05) is 33.4 Å². The van der Waals surface area contributed by atoms with Crippen LogP contribution in [0.25, 0.3) is 0 Å². The zero-order chi connectivity index (χ0) is 33.6. The number of hydrogen-bond donors (Lipinski definition) is 2. The maximum atomic E-state index is 11.4. The molecule has 6 nitrogen and oxygen atoms in total. The third-order valence-corrected chi connectivity index (χ3v) is 11.4. The van der Waals surface area contributed by atoms with Crippen LogP contribution in [0.1, 0.15) is 155 Å². The average Bonchev–Trinajstić information content (AvgIpc) is 3.01. The largest absolute Gasteiger partial charge is 0.507 e. The predicted molar refractivity (Wildman–Crippen MR) is 181 cm³/mol. The van der Waals surface area contributed by atoms with Gasteiger partial charge >= 0.3 is 0 Å². The fourth-order valence-electron chi connectivity index (χ4n) is 6.15. The molecule has 2 fully saturated rings. The van der Waals surface area contributed by atoms with E-state index >= 15 is 0 Å². The lowest BCUT2D eigenvalue weighted by atomic mass is 9.74. The number of aromatic hydroxyl groups is 2. The van der Waals surface area contributed by atoms with Crippen LogP contribution in [0.15, 0.2) is 24.3 Å². The van der Waals surface area contributed by atoms with E-state index in [1.807, 2.05) is 0 Å². The molecule has 1 spiro atoms. The Bertz CT molecular complexity index is 1160. The molecule has 4 rings (SSSR count). The second-order valence-corrected chi connectivity index (χ2v) is 16.3. The summed E-state index contributed by atoms with van der Waals surface area (Å²) in [4.78, 5) is 0. The summed E-state index contributed by atoms with van der Waals surface area (Å²) >= 11 is 0.